The Hall–Kier alpha value is -0.770. The van der Waals surface area contributed by atoms with E-state index in [1.165, 1.54) is 18.6 Å². The summed E-state index contributed by atoms with van der Waals surface area (Å²) in [5.41, 5.74) is 0. The third-order valence-electron chi connectivity index (χ3n) is 2.32. The van der Waals surface area contributed by atoms with Crippen LogP contribution < -0.4 is 5.32 Å². The molecule has 0 saturated heterocycles. The molecule has 0 saturated carbocycles. The number of nitrogens with one attached hydrogen (secondary N) is 1. The maximum absolute atomic E-state index is 5.13. The van der Waals surface area contributed by atoms with Crippen LogP contribution in [-0.2, 0) is 4.74 Å². The standard InChI is InChI=1S/C8H17NS.C7H15NO/c1-5-6-7-10-8(2)9(3)4;1-4-5-6-9-7(2)8-3/h2,5-7H2,1,3-4H3;8H,2,4-6H2,1,3H3. The largest absolute Gasteiger partial charge is 0.480 e. The summed E-state index contributed by atoms with van der Waals surface area (Å²) in [7, 11) is 5.86. The van der Waals surface area contributed by atoms with E-state index < -0.39 is 0 Å². The summed E-state index contributed by atoms with van der Waals surface area (Å²) >= 11 is 1.84. The first-order valence-electron chi connectivity index (χ1n) is 6.97. The van der Waals surface area contributed by atoms with Gasteiger partial charge in [0.15, 0.2) is 5.88 Å². The lowest BCUT2D eigenvalue weighted by molar-refractivity contribution is 0.192. The topological polar surface area (TPSA) is 24.5 Å². The second kappa shape index (κ2) is 15.3. The molecule has 19 heavy (non-hydrogen) atoms. The van der Waals surface area contributed by atoms with Crippen molar-refractivity contribution in [3.8, 4) is 0 Å². The first-order valence-corrected chi connectivity index (χ1v) is 7.96. The SMILES string of the molecule is C=C(NC)OCCCC.C=C(SCCCC)N(C)C. The van der Waals surface area contributed by atoms with Crippen LogP contribution in [0.25, 0.3) is 0 Å². The van der Waals surface area contributed by atoms with Crippen LogP contribution in [0.4, 0.5) is 0 Å². The number of hydrogen-bond donors (Lipinski definition) is 1. The Morgan fingerprint density at radius 3 is 2.16 bits per heavy atom. The fourth-order valence-corrected chi connectivity index (χ4v) is 1.80. The second-order valence-electron chi connectivity index (χ2n) is 4.37. The van der Waals surface area contributed by atoms with E-state index in [-0.39, 0.29) is 0 Å². The van der Waals surface area contributed by atoms with E-state index >= 15 is 0 Å². The van der Waals surface area contributed by atoms with Gasteiger partial charge in [-0.15, -0.1) is 11.8 Å². The Kier molecular flexibility index (Phi) is 16.5. The number of thioether (sulfide) groups is 1. The van der Waals surface area contributed by atoms with Gasteiger partial charge in [0.25, 0.3) is 0 Å². The zero-order chi connectivity index (χ0) is 15.1. The molecule has 0 bridgehead atoms. The van der Waals surface area contributed by atoms with Crippen LogP contribution in [0.15, 0.2) is 24.1 Å². The highest BCUT2D eigenvalue weighted by molar-refractivity contribution is 8.02. The highest BCUT2D eigenvalue weighted by Crippen LogP contribution is 2.16. The zero-order valence-corrected chi connectivity index (χ0v) is 14.2. The molecule has 0 heterocycles. The van der Waals surface area contributed by atoms with Crippen LogP contribution >= 0.6 is 11.8 Å². The van der Waals surface area contributed by atoms with Crippen LogP contribution in [-0.4, -0.2) is 38.4 Å². The van der Waals surface area contributed by atoms with Crippen LogP contribution in [0.2, 0.25) is 0 Å². The molecule has 1 N–H and O–H groups in total. The van der Waals surface area contributed by atoms with Gasteiger partial charge in [0.2, 0.25) is 0 Å². The van der Waals surface area contributed by atoms with Crippen molar-refractivity contribution >= 4 is 11.8 Å². The van der Waals surface area contributed by atoms with Crippen LogP contribution in [0, 0.1) is 0 Å². The maximum atomic E-state index is 5.13. The summed E-state index contributed by atoms with van der Waals surface area (Å²) in [5.74, 6) is 1.86. The summed E-state index contributed by atoms with van der Waals surface area (Å²) < 4.78 is 5.13. The molecular formula is C15H32N2OS. The predicted molar refractivity (Wildman–Crippen MR) is 89.3 cm³/mol. The van der Waals surface area contributed by atoms with Gasteiger partial charge >= 0.3 is 0 Å². The molecule has 0 spiro atoms. The van der Waals surface area contributed by atoms with Gasteiger partial charge in [-0.2, -0.15) is 0 Å². The molecule has 0 aromatic rings. The molecule has 0 unspecified atom stereocenters. The first-order chi connectivity index (χ1) is 8.99. The summed E-state index contributed by atoms with van der Waals surface area (Å²) in [5, 5.41) is 3.97. The molecule has 114 valence electrons. The third kappa shape index (κ3) is 17.2. The Labute approximate surface area is 124 Å². The summed E-state index contributed by atoms with van der Waals surface area (Å²) in [6, 6.07) is 0. The molecule has 3 nitrogen and oxygen atoms in total. The molecule has 0 amide bonds. The van der Waals surface area contributed by atoms with E-state index in [1.807, 2.05) is 25.9 Å². The fraction of sp³-hybridized carbons (Fsp3) is 0.733. The fourth-order valence-electron chi connectivity index (χ4n) is 0.875. The Morgan fingerprint density at radius 2 is 1.74 bits per heavy atom. The minimum atomic E-state index is 0.656. The van der Waals surface area contributed by atoms with Crippen LogP contribution in [0.3, 0.4) is 0 Å². The van der Waals surface area contributed by atoms with Crippen LogP contribution in [0.1, 0.15) is 39.5 Å². The molecule has 0 fully saturated rings. The highest BCUT2D eigenvalue weighted by atomic mass is 32.2. The van der Waals surface area contributed by atoms with Gasteiger partial charge in [-0.05, 0) is 25.2 Å². The minimum absolute atomic E-state index is 0.656. The first kappa shape index (κ1) is 20.5. The van der Waals surface area contributed by atoms with Crippen molar-refractivity contribution in [2.45, 2.75) is 39.5 Å². The summed E-state index contributed by atoms with van der Waals surface area (Å²) in [6.07, 6.45) is 4.82. The third-order valence-corrected chi connectivity index (χ3v) is 3.51. The molecule has 4 heteroatoms. The van der Waals surface area contributed by atoms with Crippen molar-refractivity contribution in [2.75, 3.05) is 33.5 Å². The Morgan fingerprint density at radius 1 is 1.16 bits per heavy atom. The summed E-state index contributed by atoms with van der Waals surface area (Å²) in [6.45, 7) is 12.6. The van der Waals surface area contributed by atoms with Crippen molar-refractivity contribution < 1.29 is 4.74 Å². The van der Waals surface area contributed by atoms with E-state index in [0.29, 0.717) is 5.88 Å². The number of hydrogen-bond acceptors (Lipinski definition) is 4. The van der Waals surface area contributed by atoms with Gasteiger partial charge in [-0.3, -0.25) is 0 Å². The summed E-state index contributed by atoms with van der Waals surface area (Å²) in [4.78, 5) is 2.06. The Bertz CT molecular complexity index is 230. The molecule has 0 aliphatic rings. The number of ether oxygens (including phenoxy) is 1. The molecule has 0 rings (SSSR count). The predicted octanol–water partition coefficient (Wildman–Crippen LogP) is 4.05. The van der Waals surface area contributed by atoms with Gasteiger partial charge in [0, 0.05) is 21.1 Å². The van der Waals surface area contributed by atoms with Crippen molar-refractivity contribution in [3.05, 3.63) is 24.1 Å². The van der Waals surface area contributed by atoms with Crippen molar-refractivity contribution in [1.29, 1.82) is 0 Å². The Balaban J connectivity index is 0. The average Bonchev–Trinajstić information content (AvgIpc) is 2.39. The van der Waals surface area contributed by atoms with Crippen LogP contribution in [0.5, 0.6) is 0 Å². The smallest absolute Gasteiger partial charge is 0.178 e. The molecule has 0 aliphatic carbocycles. The van der Waals surface area contributed by atoms with Crippen molar-refractivity contribution in [2.24, 2.45) is 0 Å². The van der Waals surface area contributed by atoms with Crippen molar-refractivity contribution in [1.82, 2.24) is 10.2 Å². The molecular weight excluding hydrogens is 256 g/mol. The van der Waals surface area contributed by atoms with E-state index in [0.717, 1.165) is 24.5 Å². The van der Waals surface area contributed by atoms with Gasteiger partial charge in [0.05, 0.1) is 11.6 Å². The molecule has 0 atom stereocenters. The van der Waals surface area contributed by atoms with Gasteiger partial charge in [0.1, 0.15) is 0 Å². The quantitative estimate of drug-likeness (QED) is 0.484. The minimum Gasteiger partial charge on any atom is -0.480 e. The average molecular weight is 289 g/mol. The lowest BCUT2D eigenvalue weighted by Gasteiger charge is -2.13. The van der Waals surface area contributed by atoms with E-state index in [4.69, 9.17) is 4.74 Å². The number of rotatable bonds is 10. The van der Waals surface area contributed by atoms with E-state index in [9.17, 15) is 0 Å². The normalized spacial score (nSPS) is 9.11. The maximum Gasteiger partial charge on any atom is 0.178 e. The number of unbranched alkanes of at least 4 members (excludes halogenated alkanes) is 2. The molecule has 0 aliphatic heterocycles. The monoisotopic (exact) mass is 288 g/mol. The zero-order valence-electron chi connectivity index (χ0n) is 13.4. The highest BCUT2D eigenvalue weighted by Gasteiger charge is 1.94. The van der Waals surface area contributed by atoms with Gasteiger partial charge in [-0.1, -0.05) is 33.3 Å². The van der Waals surface area contributed by atoms with Crippen molar-refractivity contribution in [3.63, 3.8) is 0 Å². The van der Waals surface area contributed by atoms with E-state index in [1.54, 1.807) is 7.05 Å². The van der Waals surface area contributed by atoms with E-state index in [2.05, 4.69) is 37.2 Å². The number of nitrogens with zero attached hydrogens (tertiary/aromatic N) is 1. The lowest BCUT2D eigenvalue weighted by atomic mass is 10.4. The molecule has 0 aromatic heterocycles. The lowest BCUT2D eigenvalue weighted by Crippen LogP contribution is -2.08. The molecule has 0 radical (unpaired) electrons. The second-order valence-corrected chi connectivity index (χ2v) is 5.53. The van der Waals surface area contributed by atoms with Gasteiger partial charge < -0.3 is 15.0 Å². The van der Waals surface area contributed by atoms with Gasteiger partial charge in [-0.25, -0.2) is 0 Å². The molecule has 0 aromatic carbocycles.